The summed E-state index contributed by atoms with van der Waals surface area (Å²) in [6, 6.07) is 5.29. The van der Waals surface area contributed by atoms with Crippen molar-refractivity contribution in [1.82, 2.24) is 0 Å². The number of ether oxygens (including phenoxy) is 4. The number of hydrogen-bond acceptors (Lipinski definition) is 6. The number of esters is 2. The summed E-state index contributed by atoms with van der Waals surface area (Å²) in [5, 5.41) is 0. The molecular weight excluding hydrogens is 344 g/mol. The number of benzene rings is 1. The Labute approximate surface area is 131 Å². The van der Waals surface area contributed by atoms with Gasteiger partial charge in [-0.2, -0.15) is 0 Å². The van der Waals surface area contributed by atoms with Crippen LogP contribution in [-0.2, 0) is 19.1 Å². The SMILES string of the molecule is CC(=O)OCCOc1ccc(Br)cc1OCCOC(C)=O. The largest absolute Gasteiger partial charge is 0.486 e. The third-order valence-electron chi connectivity index (χ3n) is 2.20. The lowest BCUT2D eigenvalue weighted by Gasteiger charge is -2.13. The molecule has 0 spiro atoms. The molecule has 6 nitrogen and oxygen atoms in total. The zero-order valence-corrected chi connectivity index (χ0v) is 13.5. The van der Waals surface area contributed by atoms with Gasteiger partial charge in [0.1, 0.15) is 26.4 Å². The topological polar surface area (TPSA) is 71.1 Å². The van der Waals surface area contributed by atoms with E-state index in [1.54, 1.807) is 18.2 Å². The minimum absolute atomic E-state index is 0.161. The summed E-state index contributed by atoms with van der Waals surface area (Å²) in [6.07, 6.45) is 0. The van der Waals surface area contributed by atoms with E-state index in [4.69, 9.17) is 18.9 Å². The zero-order chi connectivity index (χ0) is 15.7. The molecule has 0 radical (unpaired) electrons. The number of hydrogen-bond donors (Lipinski definition) is 0. The standard InChI is InChI=1S/C14H17BrO6/c1-10(16)18-5-7-20-13-4-3-12(15)9-14(13)21-8-6-19-11(2)17/h3-4,9H,5-8H2,1-2H3. The molecule has 0 bridgehead atoms. The van der Waals surface area contributed by atoms with Gasteiger partial charge in [-0.05, 0) is 18.2 Å². The third kappa shape index (κ3) is 7.55. The highest BCUT2D eigenvalue weighted by Gasteiger charge is 2.07. The smallest absolute Gasteiger partial charge is 0.302 e. The van der Waals surface area contributed by atoms with E-state index in [9.17, 15) is 9.59 Å². The Morgan fingerprint density at radius 3 is 1.95 bits per heavy atom. The Balaban J connectivity index is 2.49. The van der Waals surface area contributed by atoms with Gasteiger partial charge in [0.25, 0.3) is 0 Å². The van der Waals surface area contributed by atoms with Crippen LogP contribution >= 0.6 is 15.9 Å². The molecule has 0 unspecified atom stereocenters. The lowest BCUT2D eigenvalue weighted by molar-refractivity contribution is -0.142. The first-order valence-electron chi connectivity index (χ1n) is 6.31. The fraction of sp³-hybridized carbons (Fsp3) is 0.429. The van der Waals surface area contributed by atoms with Gasteiger partial charge in [0.05, 0.1) is 0 Å². The van der Waals surface area contributed by atoms with Crippen molar-refractivity contribution in [2.75, 3.05) is 26.4 Å². The summed E-state index contributed by atoms with van der Waals surface area (Å²) in [5.41, 5.74) is 0. The van der Waals surface area contributed by atoms with Gasteiger partial charge in [0, 0.05) is 18.3 Å². The molecule has 0 saturated carbocycles. The van der Waals surface area contributed by atoms with Gasteiger partial charge in [-0.15, -0.1) is 0 Å². The molecule has 0 N–H and O–H groups in total. The molecule has 0 fully saturated rings. The van der Waals surface area contributed by atoms with Gasteiger partial charge in [-0.3, -0.25) is 9.59 Å². The minimum Gasteiger partial charge on any atom is -0.486 e. The number of carbonyl (C=O) groups is 2. The highest BCUT2D eigenvalue weighted by Crippen LogP contribution is 2.30. The van der Waals surface area contributed by atoms with Crippen molar-refractivity contribution >= 4 is 27.9 Å². The highest BCUT2D eigenvalue weighted by atomic mass is 79.9. The van der Waals surface area contributed by atoms with E-state index >= 15 is 0 Å². The normalized spacial score (nSPS) is 9.86. The molecule has 1 aromatic rings. The van der Waals surface area contributed by atoms with Crippen molar-refractivity contribution in [1.29, 1.82) is 0 Å². The van der Waals surface area contributed by atoms with Crippen LogP contribution in [0.3, 0.4) is 0 Å². The van der Waals surface area contributed by atoms with E-state index in [2.05, 4.69) is 15.9 Å². The zero-order valence-electron chi connectivity index (χ0n) is 11.9. The first-order chi connectivity index (χ1) is 9.99. The van der Waals surface area contributed by atoms with Crippen LogP contribution in [0.1, 0.15) is 13.8 Å². The van der Waals surface area contributed by atoms with Crippen LogP contribution in [0.4, 0.5) is 0 Å². The van der Waals surface area contributed by atoms with E-state index in [0.29, 0.717) is 11.5 Å². The van der Waals surface area contributed by atoms with Crippen molar-refractivity contribution in [3.05, 3.63) is 22.7 Å². The molecule has 0 aliphatic carbocycles. The molecule has 0 aliphatic rings. The van der Waals surface area contributed by atoms with Gasteiger partial charge in [0.2, 0.25) is 0 Å². The van der Waals surface area contributed by atoms with Crippen LogP contribution in [0.15, 0.2) is 22.7 Å². The summed E-state index contributed by atoms with van der Waals surface area (Å²) in [5.74, 6) is 0.325. The predicted octanol–water partition coefficient (Wildman–Crippen LogP) is 2.33. The molecule has 0 aliphatic heterocycles. The lowest BCUT2D eigenvalue weighted by atomic mass is 10.3. The van der Waals surface area contributed by atoms with Gasteiger partial charge >= 0.3 is 11.9 Å². The predicted molar refractivity (Wildman–Crippen MR) is 78.4 cm³/mol. The van der Waals surface area contributed by atoms with Crippen LogP contribution in [0.5, 0.6) is 11.5 Å². The summed E-state index contributed by atoms with van der Waals surface area (Å²) < 4.78 is 21.4. The first kappa shape index (κ1) is 17.3. The maximum Gasteiger partial charge on any atom is 0.302 e. The van der Waals surface area contributed by atoms with E-state index in [0.717, 1.165) is 4.47 Å². The Kier molecular flexibility index (Phi) is 7.60. The Bertz CT molecular complexity index is 488. The monoisotopic (exact) mass is 360 g/mol. The van der Waals surface area contributed by atoms with Gasteiger partial charge < -0.3 is 18.9 Å². The van der Waals surface area contributed by atoms with Gasteiger partial charge in [0.15, 0.2) is 11.5 Å². The van der Waals surface area contributed by atoms with Crippen LogP contribution in [-0.4, -0.2) is 38.4 Å². The van der Waals surface area contributed by atoms with Crippen molar-refractivity contribution in [3.8, 4) is 11.5 Å². The van der Waals surface area contributed by atoms with E-state index in [1.165, 1.54) is 13.8 Å². The maximum absolute atomic E-state index is 10.7. The molecule has 7 heteroatoms. The highest BCUT2D eigenvalue weighted by molar-refractivity contribution is 9.10. The van der Waals surface area contributed by atoms with Crippen LogP contribution < -0.4 is 9.47 Å². The Morgan fingerprint density at radius 1 is 0.905 bits per heavy atom. The fourth-order valence-corrected chi connectivity index (χ4v) is 1.73. The lowest BCUT2D eigenvalue weighted by Crippen LogP contribution is -2.12. The van der Waals surface area contributed by atoms with Gasteiger partial charge in [-0.25, -0.2) is 0 Å². The molecule has 0 amide bonds. The second-order valence-corrected chi connectivity index (χ2v) is 4.88. The average Bonchev–Trinajstić information content (AvgIpc) is 2.41. The maximum atomic E-state index is 10.7. The minimum atomic E-state index is -0.356. The molecule has 0 atom stereocenters. The Hall–Kier alpha value is -1.76. The molecule has 116 valence electrons. The summed E-state index contributed by atoms with van der Waals surface area (Å²) in [4.78, 5) is 21.3. The van der Waals surface area contributed by atoms with Crippen molar-refractivity contribution in [2.24, 2.45) is 0 Å². The van der Waals surface area contributed by atoms with Crippen molar-refractivity contribution < 1.29 is 28.5 Å². The van der Waals surface area contributed by atoms with Crippen LogP contribution in [0.2, 0.25) is 0 Å². The van der Waals surface area contributed by atoms with Crippen LogP contribution in [0, 0.1) is 0 Å². The Morgan fingerprint density at radius 2 is 1.43 bits per heavy atom. The molecular formula is C14H17BrO6. The molecule has 1 rings (SSSR count). The molecule has 0 heterocycles. The second-order valence-electron chi connectivity index (χ2n) is 3.97. The van der Waals surface area contributed by atoms with E-state index in [1.807, 2.05) is 0 Å². The number of halogens is 1. The number of carbonyl (C=O) groups excluding carboxylic acids is 2. The number of rotatable bonds is 8. The van der Waals surface area contributed by atoms with E-state index in [-0.39, 0.29) is 38.4 Å². The fourth-order valence-electron chi connectivity index (χ4n) is 1.39. The quantitative estimate of drug-likeness (QED) is 0.523. The van der Waals surface area contributed by atoms with E-state index < -0.39 is 0 Å². The first-order valence-corrected chi connectivity index (χ1v) is 7.10. The molecule has 0 saturated heterocycles. The van der Waals surface area contributed by atoms with Gasteiger partial charge in [-0.1, -0.05) is 15.9 Å². The molecule has 1 aromatic carbocycles. The average molecular weight is 361 g/mol. The van der Waals surface area contributed by atoms with Crippen molar-refractivity contribution in [2.45, 2.75) is 13.8 Å². The summed E-state index contributed by atoms with van der Waals surface area (Å²) in [6.45, 7) is 3.44. The third-order valence-corrected chi connectivity index (χ3v) is 2.69. The summed E-state index contributed by atoms with van der Waals surface area (Å²) in [7, 11) is 0. The van der Waals surface area contributed by atoms with Crippen LogP contribution in [0.25, 0.3) is 0 Å². The second kappa shape index (κ2) is 9.23. The molecule has 21 heavy (non-hydrogen) atoms. The van der Waals surface area contributed by atoms with Crippen molar-refractivity contribution in [3.63, 3.8) is 0 Å². The molecule has 0 aromatic heterocycles. The summed E-state index contributed by atoms with van der Waals surface area (Å²) >= 11 is 3.34.